The van der Waals surface area contributed by atoms with Crippen molar-refractivity contribution in [2.45, 2.75) is 0 Å². The van der Waals surface area contributed by atoms with Crippen LogP contribution < -0.4 is 5.32 Å². The van der Waals surface area contributed by atoms with E-state index in [9.17, 15) is 0 Å². The number of aromatic nitrogens is 2. The smallest absolute Gasteiger partial charge is 0.258 e. The van der Waals surface area contributed by atoms with Gasteiger partial charge in [0.05, 0.1) is 28.8 Å². The average molecular weight is 319 g/mol. The first-order chi connectivity index (χ1) is 10.2. The molecule has 0 spiro atoms. The predicted octanol–water partition coefficient (Wildman–Crippen LogP) is 3.24. The van der Waals surface area contributed by atoms with E-state index in [0.717, 1.165) is 5.56 Å². The quantitative estimate of drug-likeness (QED) is 0.920. The molecule has 0 unspecified atom stereocenters. The van der Waals surface area contributed by atoms with Crippen LogP contribution in [0.4, 0.5) is 0 Å². The van der Waals surface area contributed by atoms with Crippen molar-refractivity contribution in [1.29, 1.82) is 5.26 Å². The molecule has 1 aromatic carbocycles. The van der Waals surface area contributed by atoms with Crippen LogP contribution in [0.2, 0.25) is 0 Å². The molecule has 21 heavy (non-hydrogen) atoms. The minimum atomic E-state index is 0.335. The van der Waals surface area contributed by atoms with Crippen LogP contribution in [-0.4, -0.2) is 16.7 Å². The van der Waals surface area contributed by atoms with Gasteiger partial charge < -0.3 is 9.84 Å². The monoisotopic (exact) mass is 318 g/mol. The van der Waals surface area contributed by atoms with Crippen molar-refractivity contribution in [3.8, 4) is 17.5 Å². The summed E-state index contributed by atoms with van der Waals surface area (Å²) >= 11 is 12.2. The number of rotatable bonds is 2. The van der Waals surface area contributed by atoms with Gasteiger partial charge in [-0.1, -0.05) is 28.4 Å². The molecule has 5 nitrogen and oxygen atoms in total. The van der Waals surface area contributed by atoms with E-state index in [1.165, 1.54) is 0 Å². The second-order valence-corrected chi connectivity index (χ2v) is 5.13. The van der Waals surface area contributed by atoms with Gasteiger partial charge in [-0.2, -0.15) is 10.2 Å². The Labute approximate surface area is 130 Å². The lowest BCUT2D eigenvalue weighted by Gasteiger charge is -2.12. The number of nitrogens with zero attached hydrogens (tertiary/aromatic N) is 3. The van der Waals surface area contributed by atoms with Gasteiger partial charge in [0.15, 0.2) is 0 Å². The topological polar surface area (TPSA) is 74.7 Å². The summed E-state index contributed by atoms with van der Waals surface area (Å²) in [4.78, 5) is 4.30. The van der Waals surface area contributed by atoms with Crippen LogP contribution in [0.25, 0.3) is 17.0 Å². The first kappa shape index (κ1) is 13.7. The van der Waals surface area contributed by atoms with Crippen molar-refractivity contribution < 1.29 is 4.52 Å². The molecule has 0 amide bonds. The normalized spacial score (nSPS) is 14.4. The van der Waals surface area contributed by atoms with Crippen molar-refractivity contribution in [3.63, 3.8) is 0 Å². The number of allylic oxidation sites excluding steroid dienone is 2. The summed E-state index contributed by atoms with van der Waals surface area (Å²) in [5.74, 6) is 0.677. The Morgan fingerprint density at radius 2 is 2.00 bits per heavy atom. The molecule has 0 fully saturated rings. The van der Waals surface area contributed by atoms with Crippen LogP contribution in [0.1, 0.15) is 11.4 Å². The fraction of sp³-hybridized carbons (Fsp3) is 0.0714. The van der Waals surface area contributed by atoms with Gasteiger partial charge in [0.1, 0.15) is 0 Å². The van der Waals surface area contributed by atoms with Gasteiger partial charge in [-0.15, -0.1) is 0 Å². The highest BCUT2D eigenvalue weighted by Crippen LogP contribution is 2.32. The summed E-state index contributed by atoms with van der Waals surface area (Å²) in [6, 6.07) is 8.90. The minimum absolute atomic E-state index is 0.335. The second kappa shape index (κ2) is 5.60. The molecule has 0 saturated carbocycles. The molecule has 2 aromatic rings. The Bertz CT molecular complexity index is 784. The van der Waals surface area contributed by atoms with Crippen molar-refractivity contribution >= 4 is 28.8 Å². The first-order valence-corrected chi connectivity index (χ1v) is 6.77. The molecule has 1 aliphatic heterocycles. The number of nitrogens with one attached hydrogen (secondary N) is 1. The van der Waals surface area contributed by atoms with Gasteiger partial charge in [-0.05, 0) is 24.3 Å². The molecule has 7 heteroatoms. The molecule has 0 radical (unpaired) electrons. The zero-order valence-corrected chi connectivity index (χ0v) is 12.1. The fourth-order valence-corrected chi connectivity index (χ4v) is 2.47. The van der Waals surface area contributed by atoms with Gasteiger partial charge in [-0.25, -0.2) is 0 Å². The number of dihydropyridines is 1. The summed E-state index contributed by atoms with van der Waals surface area (Å²) in [5, 5.41) is 16.6. The van der Waals surface area contributed by atoms with E-state index in [0.29, 0.717) is 39.5 Å². The van der Waals surface area contributed by atoms with Gasteiger partial charge in [-0.3, -0.25) is 0 Å². The van der Waals surface area contributed by atoms with Crippen LogP contribution in [0.15, 0.2) is 45.1 Å². The molecule has 0 bridgehead atoms. The Morgan fingerprint density at radius 1 is 1.24 bits per heavy atom. The zero-order valence-electron chi connectivity index (χ0n) is 10.6. The maximum atomic E-state index is 8.78. The van der Waals surface area contributed by atoms with Crippen molar-refractivity contribution in [2.75, 3.05) is 6.54 Å². The highest BCUT2D eigenvalue weighted by atomic mass is 35.5. The van der Waals surface area contributed by atoms with Crippen LogP contribution in [0.3, 0.4) is 0 Å². The summed E-state index contributed by atoms with van der Waals surface area (Å²) in [6.45, 7) is 0.466. The van der Waals surface area contributed by atoms with Gasteiger partial charge in [0.25, 0.3) is 5.89 Å². The number of halogens is 2. The first-order valence-electron chi connectivity index (χ1n) is 6.01. The summed E-state index contributed by atoms with van der Waals surface area (Å²) in [7, 11) is 0. The molecule has 0 aliphatic carbocycles. The fourth-order valence-electron chi connectivity index (χ4n) is 1.88. The van der Waals surface area contributed by atoms with Crippen LogP contribution in [0, 0.1) is 11.3 Å². The number of nitriles is 1. The number of hydrogen-bond donors (Lipinski definition) is 1. The largest absolute Gasteiger partial charge is 0.385 e. The van der Waals surface area contributed by atoms with E-state index in [1.807, 2.05) is 0 Å². The standard InChI is InChI=1S/C14H8Cl2N4O/c15-10-6-18-7-11(16)12(10)13-19-14(21-20-13)9-3-1-8(5-17)2-4-9/h1-4,6,18H,7H2. The van der Waals surface area contributed by atoms with Crippen molar-refractivity contribution in [1.82, 2.24) is 15.5 Å². The van der Waals surface area contributed by atoms with E-state index in [-0.39, 0.29) is 0 Å². The van der Waals surface area contributed by atoms with Crippen molar-refractivity contribution in [2.24, 2.45) is 0 Å². The molecular weight excluding hydrogens is 311 g/mol. The summed E-state index contributed by atoms with van der Waals surface area (Å²) in [5.41, 5.74) is 1.84. The lowest BCUT2D eigenvalue weighted by molar-refractivity contribution is 0.428. The molecule has 1 aromatic heterocycles. The zero-order chi connectivity index (χ0) is 14.8. The molecule has 2 heterocycles. The van der Waals surface area contributed by atoms with Crippen LogP contribution in [0.5, 0.6) is 0 Å². The molecule has 104 valence electrons. The Balaban J connectivity index is 1.97. The number of benzene rings is 1. The molecule has 1 aliphatic rings. The minimum Gasteiger partial charge on any atom is -0.385 e. The lowest BCUT2D eigenvalue weighted by Crippen LogP contribution is -2.14. The van der Waals surface area contributed by atoms with E-state index >= 15 is 0 Å². The highest BCUT2D eigenvalue weighted by Gasteiger charge is 2.21. The third-order valence-corrected chi connectivity index (χ3v) is 3.53. The van der Waals surface area contributed by atoms with E-state index < -0.39 is 0 Å². The number of hydrogen-bond acceptors (Lipinski definition) is 5. The SMILES string of the molecule is N#Cc1ccc(-c2nc(C3=C(Cl)CNC=C3Cl)no2)cc1. The highest BCUT2D eigenvalue weighted by molar-refractivity contribution is 6.42. The predicted molar refractivity (Wildman–Crippen MR) is 79.2 cm³/mol. The van der Waals surface area contributed by atoms with Crippen LogP contribution in [-0.2, 0) is 0 Å². The Kier molecular flexibility index (Phi) is 3.65. The van der Waals surface area contributed by atoms with E-state index in [1.54, 1.807) is 30.5 Å². The summed E-state index contributed by atoms with van der Waals surface area (Å²) < 4.78 is 5.23. The summed E-state index contributed by atoms with van der Waals surface area (Å²) in [6.07, 6.45) is 1.64. The van der Waals surface area contributed by atoms with Gasteiger partial charge >= 0.3 is 0 Å². The van der Waals surface area contributed by atoms with Gasteiger partial charge in [0.2, 0.25) is 5.82 Å². The molecule has 0 saturated heterocycles. The van der Waals surface area contributed by atoms with E-state index in [2.05, 4.69) is 21.5 Å². The molecule has 3 rings (SSSR count). The second-order valence-electron chi connectivity index (χ2n) is 4.27. The maximum Gasteiger partial charge on any atom is 0.258 e. The molecule has 1 N–H and O–H groups in total. The third-order valence-electron chi connectivity index (χ3n) is 2.91. The molecular formula is C14H8Cl2N4O. The third kappa shape index (κ3) is 2.64. The van der Waals surface area contributed by atoms with Gasteiger partial charge in [0, 0.05) is 16.8 Å². The Morgan fingerprint density at radius 3 is 2.67 bits per heavy atom. The maximum absolute atomic E-state index is 8.78. The Hall–Kier alpha value is -2.29. The molecule has 0 atom stereocenters. The average Bonchev–Trinajstić information content (AvgIpc) is 2.97. The van der Waals surface area contributed by atoms with Crippen molar-refractivity contribution in [3.05, 3.63) is 51.9 Å². The lowest BCUT2D eigenvalue weighted by atomic mass is 10.1. The van der Waals surface area contributed by atoms with E-state index in [4.69, 9.17) is 33.0 Å². The van der Waals surface area contributed by atoms with Crippen LogP contribution >= 0.6 is 23.2 Å².